The molecule has 0 saturated heterocycles. The molecule has 0 spiro atoms. The van der Waals surface area contributed by atoms with Crippen LogP contribution in [0.15, 0.2) is 61.1 Å². The molecule has 0 aliphatic heterocycles. The monoisotopic (exact) mass is 332 g/mol. The Morgan fingerprint density at radius 3 is 2.72 bits per heavy atom. The van der Waals surface area contributed by atoms with E-state index in [4.69, 9.17) is 5.26 Å². The van der Waals surface area contributed by atoms with E-state index in [1.54, 1.807) is 41.2 Å². The van der Waals surface area contributed by atoms with E-state index in [0.717, 1.165) is 5.69 Å². The maximum absolute atomic E-state index is 12.2. The topological polar surface area (TPSA) is 86.8 Å². The van der Waals surface area contributed by atoms with Gasteiger partial charge < -0.3 is 10.2 Å². The first-order valence-electron chi connectivity index (χ1n) is 7.63. The van der Waals surface area contributed by atoms with E-state index in [1.807, 2.05) is 36.4 Å². The molecule has 1 amide bonds. The Bertz CT molecular complexity index is 895. The number of rotatable bonds is 5. The Labute approximate surface area is 145 Å². The predicted molar refractivity (Wildman–Crippen MR) is 94.4 cm³/mol. The number of aromatic nitrogens is 3. The van der Waals surface area contributed by atoms with Crippen molar-refractivity contribution in [2.75, 3.05) is 23.8 Å². The Kier molecular flexibility index (Phi) is 4.72. The van der Waals surface area contributed by atoms with Crippen LogP contribution in [0.1, 0.15) is 5.56 Å². The number of para-hydroxylation sites is 1. The van der Waals surface area contributed by atoms with Gasteiger partial charge >= 0.3 is 0 Å². The zero-order valence-corrected chi connectivity index (χ0v) is 13.6. The van der Waals surface area contributed by atoms with Crippen LogP contribution in [0.5, 0.6) is 0 Å². The summed E-state index contributed by atoms with van der Waals surface area (Å²) in [7, 11) is 1.77. The van der Waals surface area contributed by atoms with Gasteiger partial charge in [-0.1, -0.05) is 18.2 Å². The lowest BCUT2D eigenvalue weighted by Crippen LogP contribution is -2.30. The van der Waals surface area contributed by atoms with Crippen molar-refractivity contribution in [3.63, 3.8) is 0 Å². The highest BCUT2D eigenvalue weighted by atomic mass is 16.2. The predicted octanol–water partition coefficient (Wildman–Crippen LogP) is 2.21. The fraction of sp³-hybridized carbons (Fsp3) is 0.111. The molecule has 0 atom stereocenters. The van der Waals surface area contributed by atoms with E-state index < -0.39 is 0 Å². The number of carbonyl (C=O) groups excluding carboxylic acids is 1. The van der Waals surface area contributed by atoms with Crippen molar-refractivity contribution < 1.29 is 4.79 Å². The van der Waals surface area contributed by atoms with Crippen molar-refractivity contribution in [3.05, 3.63) is 66.6 Å². The number of carbonyl (C=O) groups is 1. The summed E-state index contributed by atoms with van der Waals surface area (Å²) in [5.41, 5.74) is 2.02. The fourth-order valence-electron chi connectivity index (χ4n) is 2.28. The van der Waals surface area contributed by atoms with Gasteiger partial charge in [-0.2, -0.15) is 10.4 Å². The Morgan fingerprint density at radius 1 is 1.24 bits per heavy atom. The van der Waals surface area contributed by atoms with Crippen LogP contribution in [0.2, 0.25) is 0 Å². The molecular weight excluding hydrogens is 316 g/mol. The summed E-state index contributed by atoms with van der Waals surface area (Å²) in [4.78, 5) is 18.1. The lowest BCUT2D eigenvalue weighted by atomic mass is 10.3. The summed E-state index contributed by atoms with van der Waals surface area (Å²) in [6, 6.07) is 15.0. The van der Waals surface area contributed by atoms with Gasteiger partial charge in [0.05, 0.1) is 35.9 Å². The summed E-state index contributed by atoms with van der Waals surface area (Å²) in [5, 5.41) is 15.8. The maximum Gasteiger partial charge on any atom is 0.244 e. The van der Waals surface area contributed by atoms with Crippen LogP contribution >= 0.6 is 0 Å². The molecule has 0 bridgehead atoms. The van der Waals surface area contributed by atoms with Gasteiger partial charge in [0.2, 0.25) is 5.91 Å². The average molecular weight is 332 g/mol. The SMILES string of the molecule is CN(CC(=O)Nc1cnn(-c2ccccc2)c1)c1ccc(C#N)cn1. The van der Waals surface area contributed by atoms with E-state index >= 15 is 0 Å². The summed E-state index contributed by atoms with van der Waals surface area (Å²) >= 11 is 0. The van der Waals surface area contributed by atoms with Crippen LogP contribution < -0.4 is 10.2 Å². The zero-order valence-electron chi connectivity index (χ0n) is 13.6. The maximum atomic E-state index is 12.2. The highest BCUT2D eigenvalue weighted by Gasteiger charge is 2.10. The summed E-state index contributed by atoms with van der Waals surface area (Å²) < 4.78 is 1.70. The minimum atomic E-state index is -0.179. The molecule has 0 fully saturated rings. The highest BCUT2D eigenvalue weighted by molar-refractivity contribution is 5.93. The second-order valence-corrected chi connectivity index (χ2v) is 5.43. The minimum absolute atomic E-state index is 0.134. The molecule has 2 aromatic heterocycles. The van der Waals surface area contributed by atoms with Crippen LogP contribution in [-0.4, -0.2) is 34.3 Å². The molecule has 2 heterocycles. The molecule has 0 unspecified atom stereocenters. The zero-order chi connectivity index (χ0) is 17.6. The second-order valence-electron chi connectivity index (χ2n) is 5.43. The van der Waals surface area contributed by atoms with Crippen molar-refractivity contribution in [1.29, 1.82) is 5.26 Å². The third-order valence-corrected chi connectivity index (χ3v) is 3.54. The number of amides is 1. The molecule has 3 rings (SSSR count). The molecule has 7 nitrogen and oxygen atoms in total. The van der Waals surface area contributed by atoms with Gasteiger partial charge in [-0.05, 0) is 24.3 Å². The fourth-order valence-corrected chi connectivity index (χ4v) is 2.28. The van der Waals surface area contributed by atoms with Crippen molar-refractivity contribution >= 4 is 17.4 Å². The van der Waals surface area contributed by atoms with Crippen molar-refractivity contribution in [2.45, 2.75) is 0 Å². The van der Waals surface area contributed by atoms with Crippen molar-refractivity contribution in [3.8, 4) is 11.8 Å². The molecule has 1 aromatic carbocycles. The summed E-state index contributed by atoms with van der Waals surface area (Å²) in [5.74, 6) is 0.440. The number of hydrogen-bond acceptors (Lipinski definition) is 5. The third-order valence-electron chi connectivity index (χ3n) is 3.54. The summed E-state index contributed by atoms with van der Waals surface area (Å²) in [6.07, 6.45) is 4.84. The molecule has 0 radical (unpaired) electrons. The molecule has 3 aromatic rings. The van der Waals surface area contributed by atoms with Crippen LogP contribution in [0.3, 0.4) is 0 Å². The van der Waals surface area contributed by atoms with Crippen molar-refractivity contribution in [1.82, 2.24) is 14.8 Å². The first-order valence-corrected chi connectivity index (χ1v) is 7.63. The first-order chi connectivity index (χ1) is 12.2. The minimum Gasteiger partial charge on any atom is -0.350 e. The highest BCUT2D eigenvalue weighted by Crippen LogP contribution is 2.12. The molecule has 0 aliphatic rings. The molecule has 25 heavy (non-hydrogen) atoms. The van der Waals surface area contributed by atoms with Gasteiger partial charge in [-0.3, -0.25) is 4.79 Å². The largest absolute Gasteiger partial charge is 0.350 e. The van der Waals surface area contributed by atoms with Gasteiger partial charge in [0, 0.05) is 13.2 Å². The van der Waals surface area contributed by atoms with Crippen molar-refractivity contribution in [2.24, 2.45) is 0 Å². The van der Waals surface area contributed by atoms with Crippen LogP contribution in [-0.2, 0) is 4.79 Å². The number of hydrogen-bond donors (Lipinski definition) is 1. The molecular formula is C18H16N6O. The normalized spacial score (nSPS) is 10.1. The number of nitriles is 1. The Morgan fingerprint density at radius 2 is 2.04 bits per heavy atom. The van der Waals surface area contributed by atoms with Crippen LogP contribution in [0.25, 0.3) is 5.69 Å². The smallest absolute Gasteiger partial charge is 0.244 e. The number of likely N-dealkylation sites (N-methyl/N-ethyl adjacent to an activating group) is 1. The van der Waals surface area contributed by atoms with E-state index in [-0.39, 0.29) is 12.5 Å². The average Bonchev–Trinajstić information content (AvgIpc) is 3.10. The van der Waals surface area contributed by atoms with Gasteiger partial charge in [0.25, 0.3) is 0 Å². The van der Waals surface area contributed by atoms with Gasteiger partial charge in [0.1, 0.15) is 11.9 Å². The van der Waals surface area contributed by atoms with E-state index in [1.165, 1.54) is 6.20 Å². The lowest BCUT2D eigenvalue weighted by molar-refractivity contribution is -0.114. The quantitative estimate of drug-likeness (QED) is 0.774. The number of nitrogens with one attached hydrogen (secondary N) is 1. The molecule has 1 N–H and O–H groups in total. The van der Waals surface area contributed by atoms with E-state index in [9.17, 15) is 4.79 Å². The number of benzene rings is 1. The first kappa shape index (κ1) is 16.2. The second kappa shape index (κ2) is 7.27. The molecule has 124 valence electrons. The number of nitrogens with zero attached hydrogens (tertiary/aromatic N) is 5. The van der Waals surface area contributed by atoms with Crippen LogP contribution in [0, 0.1) is 11.3 Å². The van der Waals surface area contributed by atoms with Crippen LogP contribution in [0.4, 0.5) is 11.5 Å². The summed E-state index contributed by atoms with van der Waals surface area (Å²) in [6.45, 7) is 0.134. The number of anilines is 2. The van der Waals surface area contributed by atoms with E-state index in [0.29, 0.717) is 17.1 Å². The molecule has 7 heteroatoms. The lowest BCUT2D eigenvalue weighted by Gasteiger charge is -2.17. The Balaban J connectivity index is 1.61. The standard InChI is InChI=1S/C18H16N6O/c1-23(17-8-7-14(9-19)10-20-17)13-18(25)22-15-11-21-24(12-15)16-5-3-2-4-6-16/h2-8,10-12H,13H2,1H3,(H,22,25). The molecule has 0 aliphatic carbocycles. The van der Waals surface area contributed by atoms with Gasteiger partial charge in [-0.15, -0.1) is 0 Å². The third kappa shape index (κ3) is 4.00. The number of pyridine rings is 1. The van der Waals surface area contributed by atoms with E-state index in [2.05, 4.69) is 15.4 Å². The molecule has 0 saturated carbocycles. The van der Waals surface area contributed by atoms with Gasteiger partial charge in [0.15, 0.2) is 0 Å². The van der Waals surface area contributed by atoms with Gasteiger partial charge in [-0.25, -0.2) is 9.67 Å². The Hall–Kier alpha value is -3.66.